The first-order valence-electron chi connectivity index (χ1n) is 6.23. The lowest BCUT2D eigenvalue weighted by Crippen LogP contribution is -2.13. The van der Waals surface area contributed by atoms with Crippen molar-refractivity contribution in [2.45, 2.75) is 13.3 Å². The van der Waals surface area contributed by atoms with Gasteiger partial charge in [-0.05, 0) is 36.2 Å². The maximum atomic E-state index is 13.9. The Hall–Kier alpha value is -2.16. The Morgan fingerprint density at radius 2 is 1.84 bits per heavy atom. The van der Waals surface area contributed by atoms with E-state index in [1.807, 2.05) is 24.3 Å². The van der Waals surface area contributed by atoms with Gasteiger partial charge in [-0.2, -0.15) is 0 Å². The number of hydrogen-bond acceptors (Lipinski definition) is 2. The molecule has 0 saturated carbocycles. The summed E-state index contributed by atoms with van der Waals surface area (Å²) >= 11 is 0. The van der Waals surface area contributed by atoms with Crippen LogP contribution in [0.5, 0.6) is 0 Å². The van der Waals surface area contributed by atoms with Crippen LogP contribution in [0.4, 0.5) is 15.8 Å². The minimum absolute atomic E-state index is 0.307. The fourth-order valence-electron chi connectivity index (χ4n) is 2.07. The highest BCUT2D eigenvalue weighted by Crippen LogP contribution is 2.29. The maximum absolute atomic E-state index is 13.9. The molecule has 0 N–H and O–H groups in total. The first kappa shape index (κ1) is 13.3. The molecule has 0 saturated heterocycles. The van der Waals surface area contributed by atoms with Crippen molar-refractivity contribution in [3.05, 3.63) is 59.4 Å². The van der Waals surface area contributed by atoms with Crippen molar-refractivity contribution in [3.8, 4) is 0 Å². The lowest BCUT2D eigenvalue weighted by molar-refractivity contribution is 0.112. The van der Waals surface area contributed by atoms with Crippen LogP contribution in [0.25, 0.3) is 0 Å². The van der Waals surface area contributed by atoms with Crippen LogP contribution < -0.4 is 4.90 Å². The number of halogens is 1. The Morgan fingerprint density at radius 3 is 2.42 bits per heavy atom. The number of hydrogen-bond donors (Lipinski definition) is 0. The topological polar surface area (TPSA) is 20.3 Å². The van der Waals surface area contributed by atoms with E-state index in [4.69, 9.17) is 0 Å². The summed E-state index contributed by atoms with van der Waals surface area (Å²) in [5, 5.41) is 0. The average Bonchev–Trinajstić information content (AvgIpc) is 2.46. The lowest BCUT2D eigenvalue weighted by Gasteiger charge is -2.22. The van der Waals surface area contributed by atoms with Gasteiger partial charge in [0.05, 0.1) is 5.69 Å². The van der Waals surface area contributed by atoms with Gasteiger partial charge in [-0.25, -0.2) is 4.39 Å². The standard InChI is InChI=1S/C16H16FNO/c1-3-12-7-9-14(10-8-12)18(2)16-13(11-19)5-4-6-15(16)17/h4-11H,3H2,1-2H3. The van der Waals surface area contributed by atoms with E-state index >= 15 is 0 Å². The molecular formula is C16H16FNO. The Kier molecular flexibility index (Phi) is 3.95. The van der Waals surface area contributed by atoms with Gasteiger partial charge < -0.3 is 4.90 Å². The van der Waals surface area contributed by atoms with Crippen LogP contribution in [0.15, 0.2) is 42.5 Å². The zero-order chi connectivity index (χ0) is 13.8. The SMILES string of the molecule is CCc1ccc(N(C)c2c(F)cccc2C=O)cc1. The molecule has 2 aromatic carbocycles. The molecule has 0 aliphatic heterocycles. The Bertz CT molecular complexity index is 578. The summed E-state index contributed by atoms with van der Waals surface area (Å²) in [4.78, 5) is 12.7. The Balaban J connectivity index is 2.43. The first-order chi connectivity index (χ1) is 9.17. The molecule has 0 unspecified atom stereocenters. The molecule has 19 heavy (non-hydrogen) atoms. The smallest absolute Gasteiger partial charge is 0.152 e. The molecule has 0 aliphatic rings. The van der Waals surface area contributed by atoms with Gasteiger partial charge in [0.2, 0.25) is 0 Å². The number of aryl methyl sites for hydroxylation is 1. The minimum atomic E-state index is -0.397. The summed E-state index contributed by atoms with van der Waals surface area (Å²) in [7, 11) is 1.76. The van der Waals surface area contributed by atoms with Crippen LogP contribution in [0, 0.1) is 5.82 Å². The van der Waals surface area contributed by atoms with Crippen LogP contribution in [0.3, 0.4) is 0 Å². The van der Waals surface area contributed by atoms with E-state index in [0.717, 1.165) is 12.1 Å². The number of carbonyl (C=O) groups is 1. The van der Waals surface area contributed by atoms with Gasteiger partial charge in [0.1, 0.15) is 5.82 Å². The van der Waals surface area contributed by atoms with E-state index in [0.29, 0.717) is 17.5 Å². The molecule has 2 rings (SSSR count). The zero-order valence-corrected chi connectivity index (χ0v) is 11.1. The largest absolute Gasteiger partial charge is 0.342 e. The molecule has 98 valence electrons. The van der Waals surface area contributed by atoms with Gasteiger partial charge in [-0.1, -0.05) is 25.1 Å². The number of aldehydes is 1. The van der Waals surface area contributed by atoms with Gasteiger partial charge in [-0.3, -0.25) is 4.79 Å². The number of carbonyl (C=O) groups excluding carboxylic acids is 1. The van der Waals surface area contributed by atoms with Crippen LogP contribution in [-0.4, -0.2) is 13.3 Å². The highest BCUT2D eigenvalue weighted by Gasteiger charge is 2.13. The molecule has 0 fully saturated rings. The second-order valence-corrected chi connectivity index (χ2v) is 4.37. The van der Waals surface area contributed by atoms with Crippen molar-refractivity contribution in [1.82, 2.24) is 0 Å². The van der Waals surface area contributed by atoms with Crippen molar-refractivity contribution in [3.63, 3.8) is 0 Å². The zero-order valence-electron chi connectivity index (χ0n) is 11.1. The predicted molar refractivity (Wildman–Crippen MR) is 75.7 cm³/mol. The average molecular weight is 257 g/mol. The van der Waals surface area contributed by atoms with E-state index in [1.165, 1.54) is 17.7 Å². The summed E-state index contributed by atoms with van der Waals surface area (Å²) in [6.07, 6.45) is 1.64. The normalized spacial score (nSPS) is 10.3. The molecule has 2 nitrogen and oxygen atoms in total. The number of para-hydroxylation sites is 1. The predicted octanol–water partition coefficient (Wildman–Crippen LogP) is 3.97. The first-order valence-corrected chi connectivity index (χ1v) is 6.23. The monoisotopic (exact) mass is 257 g/mol. The van der Waals surface area contributed by atoms with Crippen molar-refractivity contribution >= 4 is 17.7 Å². The third-order valence-electron chi connectivity index (χ3n) is 3.21. The third kappa shape index (κ3) is 2.65. The molecule has 0 bridgehead atoms. The number of nitrogens with zero attached hydrogens (tertiary/aromatic N) is 1. The van der Waals surface area contributed by atoms with Crippen LogP contribution in [0.1, 0.15) is 22.8 Å². The van der Waals surface area contributed by atoms with Gasteiger partial charge in [0.15, 0.2) is 6.29 Å². The molecule has 0 aliphatic carbocycles. The fraction of sp³-hybridized carbons (Fsp3) is 0.188. The number of benzene rings is 2. The summed E-state index contributed by atoms with van der Waals surface area (Å²) < 4.78 is 13.9. The lowest BCUT2D eigenvalue weighted by atomic mass is 10.1. The highest BCUT2D eigenvalue weighted by atomic mass is 19.1. The van der Waals surface area contributed by atoms with Gasteiger partial charge >= 0.3 is 0 Å². The van der Waals surface area contributed by atoms with Crippen LogP contribution >= 0.6 is 0 Å². The van der Waals surface area contributed by atoms with Crippen molar-refractivity contribution < 1.29 is 9.18 Å². The van der Waals surface area contributed by atoms with Gasteiger partial charge in [0, 0.05) is 18.3 Å². The molecule has 3 heteroatoms. The van der Waals surface area contributed by atoms with E-state index in [2.05, 4.69) is 6.92 Å². The quantitative estimate of drug-likeness (QED) is 0.772. The van der Waals surface area contributed by atoms with Crippen molar-refractivity contribution in [2.24, 2.45) is 0 Å². The number of anilines is 2. The molecule has 0 radical (unpaired) electrons. The van der Waals surface area contributed by atoms with E-state index in [9.17, 15) is 9.18 Å². The molecule has 0 aromatic heterocycles. The molecule has 0 amide bonds. The molecule has 2 aromatic rings. The molecule has 0 heterocycles. The summed E-state index contributed by atoms with van der Waals surface area (Å²) in [5.74, 6) is -0.397. The second-order valence-electron chi connectivity index (χ2n) is 4.37. The van der Waals surface area contributed by atoms with Crippen molar-refractivity contribution in [2.75, 3.05) is 11.9 Å². The Morgan fingerprint density at radius 1 is 1.16 bits per heavy atom. The summed E-state index contributed by atoms with van der Waals surface area (Å²) in [6.45, 7) is 2.08. The molecular weight excluding hydrogens is 241 g/mol. The summed E-state index contributed by atoms with van der Waals surface area (Å²) in [6, 6.07) is 12.4. The van der Waals surface area contributed by atoms with Gasteiger partial charge in [0.25, 0.3) is 0 Å². The maximum Gasteiger partial charge on any atom is 0.152 e. The van der Waals surface area contributed by atoms with E-state index in [-0.39, 0.29) is 0 Å². The highest BCUT2D eigenvalue weighted by molar-refractivity contribution is 5.86. The summed E-state index contributed by atoms with van der Waals surface area (Å²) in [5.41, 5.74) is 2.73. The van der Waals surface area contributed by atoms with Crippen LogP contribution in [0.2, 0.25) is 0 Å². The Labute approximate surface area is 112 Å². The van der Waals surface area contributed by atoms with Gasteiger partial charge in [-0.15, -0.1) is 0 Å². The fourth-order valence-corrected chi connectivity index (χ4v) is 2.07. The molecule has 0 spiro atoms. The van der Waals surface area contributed by atoms with E-state index in [1.54, 1.807) is 18.0 Å². The van der Waals surface area contributed by atoms with Crippen LogP contribution in [-0.2, 0) is 6.42 Å². The molecule has 0 atom stereocenters. The van der Waals surface area contributed by atoms with Crippen molar-refractivity contribution in [1.29, 1.82) is 0 Å². The minimum Gasteiger partial charge on any atom is -0.342 e. The van der Waals surface area contributed by atoms with E-state index < -0.39 is 5.82 Å². The number of rotatable bonds is 4. The third-order valence-corrected chi connectivity index (χ3v) is 3.21. The second kappa shape index (κ2) is 5.65.